The van der Waals surface area contributed by atoms with Crippen molar-refractivity contribution in [1.29, 1.82) is 0 Å². The molecule has 2 aliphatic heterocycles. The molecule has 40 heavy (non-hydrogen) atoms. The Morgan fingerprint density at radius 3 is 2.50 bits per heavy atom. The first kappa shape index (κ1) is 25.2. The number of carbonyl (C=O) groups is 1. The van der Waals surface area contributed by atoms with Crippen LogP contribution in [0.5, 0.6) is 0 Å². The van der Waals surface area contributed by atoms with E-state index in [1.807, 2.05) is 18.2 Å². The molecule has 4 aromatic rings. The number of hydrogen-bond donors (Lipinski definition) is 1. The minimum atomic E-state index is -4.51. The number of carboxylic acids is 1. The average molecular weight is 553 g/mol. The van der Waals surface area contributed by atoms with Crippen LogP contribution in [0.25, 0.3) is 22.2 Å². The van der Waals surface area contributed by atoms with Crippen molar-refractivity contribution >= 4 is 22.6 Å². The number of furan rings is 1. The van der Waals surface area contributed by atoms with Gasteiger partial charge in [0.1, 0.15) is 17.0 Å². The van der Waals surface area contributed by atoms with Crippen LogP contribution in [0.15, 0.2) is 57.5 Å². The number of piperidine rings is 1. The van der Waals surface area contributed by atoms with Crippen LogP contribution >= 0.6 is 0 Å². The summed E-state index contributed by atoms with van der Waals surface area (Å²) >= 11 is 0. The second-order valence-electron chi connectivity index (χ2n) is 11.0. The summed E-state index contributed by atoms with van der Waals surface area (Å²) in [6, 6.07) is 13.3. The number of halogens is 3. The van der Waals surface area contributed by atoms with Gasteiger partial charge < -0.3 is 23.7 Å². The number of hydrogen-bond acceptors (Lipinski definition) is 6. The van der Waals surface area contributed by atoms with Gasteiger partial charge in [-0.1, -0.05) is 23.4 Å². The maximum Gasteiger partial charge on any atom is 0.417 e. The molecule has 2 bridgehead atoms. The summed E-state index contributed by atoms with van der Waals surface area (Å²) in [5, 5.41) is 14.1. The summed E-state index contributed by atoms with van der Waals surface area (Å²) in [4.78, 5) is 13.7. The molecule has 10 heteroatoms. The van der Waals surface area contributed by atoms with E-state index in [1.54, 1.807) is 12.1 Å². The lowest BCUT2D eigenvalue weighted by atomic mass is 9.97. The molecule has 2 aromatic carbocycles. The first-order valence-electron chi connectivity index (χ1n) is 13.6. The Morgan fingerprint density at radius 2 is 1.80 bits per heavy atom. The molecule has 3 atom stereocenters. The molecular formula is C30H27F3N2O5. The van der Waals surface area contributed by atoms with E-state index in [0.717, 1.165) is 55.7 Å². The third kappa shape index (κ3) is 4.44. The molecule has 3 fully saturated rings. The SMILES string of the molecule is O=C(O)c1cc2cc(N3[C@@H]4CC[C@H]3CC(OCc3c(-c5ccccc5C(F)(F)F)noc3C3CC3)C4)ccc2o1. The van der Waals surface area contributed by atoms with E-state index in [0.29, 0.717) is 16.9 Å². The molecule has 0 amide bonds. The van der Waals surface area contributed by atoms with Gasteiger partial charge in [0, 0.05) is 40.2 Å². The largest absolute Gasteiger partial charge is 0.475 e. The summed E-state index contributed by atoms with van der Waals surface area (Å²) in [7, 11) is 0. The Bertz CT molecular complexity index is 1570. The van der Waals surface area contributed by atoms with Crippen molar-refractivity contribution in [3.63, 3.8) is 0 Å². The van der Waals surface area contributed by atoms with Crippen LogP contribution in [0, 0.1) is 0 Å². The number of benzene rings is 2. The van der Waals surface area contributed by atoms with Gasteiger partial charge in [-0.3, -0.25) is 0 Å². The van der Waals surface area contributed by atoms with Crippen molar-refractivity contribution < 1.29 is 36.7 Å². The fourth-order valence-corrected chi connectivity index (χ4v) is 6.46. The molecule has 2 aromatic heterocycles. The highest BCUT2D eigenvalue weighted by molar-refractivity contribution is 5.92. The predicted octanol–water partition coefficient (Wildman–Crippen LogP) is 7.40. The zero-order valence-electron chi connectivity index (χ0n) is 21.5. The summed E-state index contributed by atoms with van der Waals surface area (Å²) in [5.41, 5.74) is 1.67. The van der Waals surface area contributed by atoms with Gasteiger partial charge in [0.2, 0.25) is 5.76 Å². The number of aromatic nitrogens is 1. The lowest BCUT2D eigenvalue weighted by Gasteiger charge is -2.40. The summed E-state index contributed by atoms with van der Waals surface area (Å²) < 4.78 is 58.8. The maximum atomic E-state index is 13.8. The van der Waals surface area contributed by atoms with Gasteiger partial charge in [-0.15, -0.1) is 0 Å². The minimum Gasteiger partial charge on any atom is -0.475 e. The Labute approximate surface area is 227 Å². The van der Waals surface area contributed by atoms with Crippen molar-refractivity contribution in [2.75, 3.05) is 4.90 Å². The lowest BCUT2D eigenvalue weighted by molar-refractivity contribution is -0.137. The van der Waals surface area contributed by atoms with E-state index in [4.69, 9.17) is 13.7 Å². The minimum absolute atomic E-state index is 0.0137. The normalized spacial score (nSPS) is 22.8. The topological polar surface area (TPSA) is 88.9 Å². The molecule has 0 radical (unpaired) electrons. The second kappa shape index (κ2) is 9.40. The van der Waals surface area contributed by atoms with Crippen molar-refractivity contribution in [3.05, 3.63) is 71.2 Å². The third-order valence-electron chi connectivity index (χ3n) is 8.42. The van der Waals surface area contributed by atoms with Gasteiger partial charge >= 0.3 is 12.1 Å². The molecule has 7 rings (SSSR count). The highest BCUT2D eigenvalue weighted by atomic mass is 19.4. The monoisotopic (exact) mass is 552 g/mol. The highest BCUT2D eigenvalue weighted by Crippen LogP contribution is 2.47. The number of nitrogens with zero attached hydrogens (tertiary/aromatic N) is 2. The number of aromatic carboxylic acids is 1. The van der Waals surface area contributed by atoms with Crippen LogP contribution in [0.1, 0.15) is 71.9 Å². The van der Waals surface area contributed by atoms with Gasteiger partial charge in [0.15, 0.2) is 0 Å². The van der Waals surface area contributed by atoms with E-state index in [2.05, 4.69) is 10.1 Å². The number of rotatable bonds is 7. The predicted molar refractivity (Wildman–Crippen MR) is 139 cm³/mol. The molecule has 208 valence electrons. The van der Waals surface area contributed by atoms with Gasteiger partial charge in [-0.05, 0) is 68.9 Å². The van der Waals surface area contributed by atoms with Gasteiger partial charge in [-0.2, -0.15) is 13.2 Å². The van der Waals surface area contributed by atoms with Crippen molar-refractivity contribution in [3.8, 4) is 11.3 Å². The molecule has 3 aliphatic rings. The fraction of sp³-hybridized carbons (Fsp3) is 0.400. The molecule has 7 nitrogen and oxygen atoms in total. The zero-order chi connectivity index (χ0) is 27.6. The van der Waals surface area contributed by atoms with E-state index >= 15 is 0 Å². The maximum absolute atomic E-state index is 13.8. The molecule has 0 spiro atoms. The first-order valence-corrected chi connectivity index (χ1v) is 13.6. The summed E-state index contributed by atoms with van der Waals surface area (Å²) in [6.45, 7) is 0.153. The summed E-state index contributed by atoms with van der Waals surface area (Å²) in [5.74, 6) is -0.366. The second-order valence-corrected chi connectivity index (χ2v) is 11.0. The molecule has 1 saturated carbocycles. The molecule has 2 saturated heterocycles. The smallest absolute Gasteiger partial charge is 0.417 e. The molecular weight excluding hydrogens is 525 g/mol. The zero-order valence-corrected chi connectivity index (χ0v) is 21.5. The number of fused-ring (bicyclic) bond motifs is 3. The standard InChI is InChI=1S/C30H27F3N2O5/c31-30(32,33)24-4-2-1-3-22(24)27-23(28(40-34-27)16-5-6-16)15-38-21-13-19-7-8-20(14-21)35(19)18-9-10-25-17(11-18)12-26(39-25)29(36)37/h1-4,9-12,16,19-21H,5-8,13-15H2,(H,36,37)/t19-,20+,21?. The van der Waals surface area contributed by atoms with Crippen LogP contribution in [-0.2, 0) is 17.5 Å². The van der Waals surface area contributed by atoms with Crippen LogP contribution in [0.2, 0.25) is 0 Å². The van der Waals surface area contributed by atoms with Crippen LogP contribution in [0.4, 0.5) is 18.9 Å². The van der Waals surface area contributed by atoms with E-state index in [9.17, 15) is 23.1 Å². The average Bonchev–Trinajstić information content (AvgIpc) is 3.43. The lowest BCUT2D eigenvalue weighted by Crippen LogP contribution is -2.45. The van der Waals surface area contributed by atoms with Crippen LogP contribution < -0.4 is 4.90 Å². The molecule has 1 unspecified atom stereocenters. The Morgan fingerprint density at radius 1 is 1.05 bits per heavy atom. The van der Waals surface area contributed by atoms with Crippen molar-refractivity contribution in [2.24, 2.45) is 0 Å². The van der Waals surface area contributed by atoms with Crippen LogP contribution in [-0.4, -0.2) is 34.4 Å². The van der Waals surface area contributed by atoms with Crippen molar-refractivity contribution in [1.82, 2.24) is 5.16 Å². The van der Waals surface area contributed by atoms with Gasteiger partial charge in [0.25, 0.3) is 0 Å². The first-order chi connectivity index (χ1) is 19.3. The van der Waals surface area contributed by atoms with Gasteiger partial charge in [0.05, 0.1) is 18.3 Å². The molecule has 4 heterocycles. The number of anilines is 1. The fourth-order valence-electron chi connectivity index (χ4n) is 6.46. The molecule has 1 N–H and O–H groups in total. The Kier molecular flexibility index (Phi) is 5.92. The number of ether oxygens (including phenoxy) is 1. The quantitative estimate of drug-likeness (QED) is 0.256. The summed E-state index contributed by atoms with van der Waals surface area (Å²) in [6.07, 6.45) is 0.919. The number of alkyl halides is 3. The van der Waals surface area contributed by atoms with E-state index in [-0.39, 0.29) is 47.7 Å². The van der Waals surface area contributed by atoms with E-state index < -0.39 is 17.7 Å². The molecule has 1 aliphatic carbocycles. The number of carboxylic acid groups (broad SMARTS) is 1. The Hall–Kier alpha value is -3.79. The third-order valence-corrected chi connectivity index (χ3v) is 8.42. The Balaban J connectivity index is 1.10. The van der Waals surface area contributed by atoms with Gasteiger partial charge in [-0.25, -0.2) is 4.79 Å². The van der Waals surface area contributed by atoms with Crippen molar-refractivity contribution in [2.45, 2.75) is 75.4 Å². The van der Waals surface area contributed by atoms with Crippen LogP contribution in [0.3, 0.4) is 0 Å². The van der Waals surface area contributed by atoms with E-state index in [1.165, 1.54) is 12.1 Å². The highest BCUT2D eigenvalue weighted by Gasteiger charge is 2.42.